The van der Waals surface area contributed by atoms with Crippen molar-refractivity contribution in [2.75, 3.05) is 26.1 Å². The predicted molar refractivity (Wildman–Crippen MR) is 146 cm³/mol. The first-order valence-electron chi connectivity index (χ1n) is 11.7. The number of hydrogen-bond acceptors (Lipinski definition) is 6. The summed E-state index contributed by atoms with van der Waals surface area (Å²) in [6.07, 6.45) is 2.38. The number of nitrogens with zero attached hydrogens (tertiary/aromatic N) is 1. The highest BCUT2D eigenvalue weighted by molar-refractivity contribution is 6.31. The van der Waals surface area contributed by atoms with Gasteiger partial charge in [-0.05, 0) is 55.0 Å². The van der Waals surface area contributed by atoms with Crippen molar-refractivity contribution < 1.29 is 23.9 Å². The molecule has 1 amide bonds. The summed E-state index contributed by atoms with van der Waals surface area (Å²) in [5, 5.41) is 4.00. The Bertz CT molecular complexity index is 1590. The highest BCUT2D eigenvalue weighted by atomic mass is 35.5. The van der Waals surface area contributed by atoms with Crippen LogP contribution in [0.25, 0.3) is 22.0 Å². The fourth-order valence-electron chi connectivity index (χ4n) is 4.34. The van der Waals surface area contributed by atoms with E-state index in [2.05, 4.69) is 10.3 Å². The number of aldehydes is 1. The Morgan fingerprint density at radius 1 is 1.11 bits per heavy atom. The molecule has 2 aromatic heterocycles. The van der Waals surface area contributed by atoms with Crippen LogP contribution < -0.4 is 15.6 Å². The number of benzene rings is 2. The number of ether oxygens (including phenoxy) is 2. The van der Waals surface area contributed by atoms with Crippen molar-refractivity contribution in [2.24, 2.45) is 0 Å². The van der Waals surface area contributed by atoms with E-state index in [1.165, 1.54) is 38.0 Å². The van der Waals surface area contributed by atoms with Crippen molar-refractivity contribution in [3.63, 3.8) is 0 Å². The minimum atomic E-state index is -0.926. The molecule has 2 N–H and O–H groups in total. The third-order valence-electron chi connectivity index (χ3n) is 6.19. The Morgan fingerprint density at radius 3 is 2.58 bits per heavy atom. The normalized spacial score (nSPS) is 11.8. The van der Waals surface area contributed by atoms with Gasteiger partial charge in [0.1, 0.15) is 11.8 Å². The van der Waals surface area contributed by atoms with E-state index in [1.54, 1.807) is 42.5 Å². The molecule has 0 spiro atoms. The molecule has 1 unspecified atom stereocenters. The molecular weight excluding hydrogens is 510 g/mol. The summed E-state index contributed by atoms with van der Waals surface area (Å²) < 4.78 is 12.1. The molecule has 0 aliphatic carbocycles. The molecule has 0 aliphatic rings. The third kappa shape index (κ3) is 5.53. The lowest BCUT2D eigenvalue weighted by molar-refractivity contribution is -0.119. The zero-order valence-corrected chi connectivity index (χ0v) is 21.8. The molecular formula is C28H26ClN3O6. The Kier molecular flexibility index (Phi) is 8.09. The molecule has 2 heterocycles. The minimum absolute atomic E-state index is 0.195. The molecule has 4 aromatic rings. The Hall–Kier alpha value is -4.21. The molecule has 0 radical (unpaired) electrons. The van der Waals surface area contributed by atoms with Gasteiger partial charge in [0.2, 0.25) is 5.91 Å². The highest BCUT2D eigenvalue weighted by Gasteiger charge is 2.24. The largest absolute Gasteiger partial charge is 0.495 e. The first kappa shape index (κ1) is 26.8. The molecule has 0 fully saturated rings. The molecule has 1 atom stereocenters. The van der Waals surface area contributed by atoms with Crippen LogP contribution >= 0.6 is 11.6 Å². The van der Waals surface area contributed by atoms with Crippen LogP contribution in [0.1, 0.15) is 40.2 Å². The van der Waals surface area contributed by atoms with Gasteiger partial charge < -0.3 is 19.8 Å². The molecule has 10 heteroatoms. The average Bonchev–Trinajstić information content (AvgIpc) is 3.31. The first-order valence-corrected chi connectivity index (χ1v) is 12.1. The minimum Gasteiger partial charge on any atom is -0.495 e. The lowest BCUT2D eigenvalue weighted by Gasteiger charge is -2.21. The zero-order valence-electron chi connectivity index (χ0n) is 21.0. The highest BCUT2D eigenvalue weighted by Crippen LogP contribution is 2.34. The molecule has 0 saturated heterocycles. The number of hydrogen-bond donors (Lipinski definition) is 2. The number of H-pyrrole nitrogens is 1. The van der Waals surface area contributed by atoms with Gasteiger partial charge in [-0.25, -0.2) is 0 Å². The molecule has 196 valence electrons. The number of aromatic nitrogens is 2. The summed E-state index contributed by atoms with van der Waals surface area (Å²) >= 11 is 6.19. The SMILES string of the molecule is COCCC(C(=O)Nc1ccc2[nH]c(C=O)cc2c1)n1cc(OC)c(-c2cc(Cl)ccc2C(C)=O)cc1=O. The van der Waals surface area contributed by atoms with Gasteiger partial charge in [-0.3, -0.25) is 23.7 Å². The van der Waals surface area contributed by atoms with Crippen molar-refractivity contribution in [2.45, 2.75) is 19.4 Å². The van der Waals surface area contributed by atoms with E-state index >= 15 is 0 Å². The molecule has 9 nitrogen and oxygen atoms in total. The van der Waals surface area contributed by atoms with E-state index in [9.17, 15) is 19.2 Å². The van der Waals surface area contributed by atoms with Crippen molar-refractivity contribution in [1.29, 1.82) is 0 Å². The van der Waals surface area contributed by atoms with Crippen LogP contribution in [0.15, 0.2) is 59.5 Å². The predicted octanol–water partition coefficient (Wildman–Crippen LogP) is 4.89. The van der Waals surface area contributed by atoms with E-state index in [1.807, 2.05) is 0 Å². The van der Waals surface area contributed by atoms with Gasteiger partial charge >= 0.3 is 0 Å². The topological polar surface area (TPSA) is 119 Å². The van der Waals surface area contributed by atoms with Gasteiger partial charge in [0.25, 0.3) is 5.56 Å². The Morgan fingerprint density at radius 2 is 1.89 bits per heavy atom. The van der Waals surface area contributed by atoms with Crippen LogP contribution in [0, 0.1) is 0 Å². The second kappa shape index (κ2) is 11.5. The molecule has 0 aliphatic heterocycles. The number of nitrogens with one attached hydrogen (secondary N) is 2. The second-order valence-corrected chi connectivity index (χ2v) is 9.11. The van der Waals surface area contributed by atoms with Crippen molar-refractivity contribution in [3.8, 4) is 16.9 Å². The smallest absolute Gasteiger partial charge is 0.252 e. The number of carbonyl (C=O) groups excluding carboxylic acids is 3. The van der Waals surface area contributed by atoms with Crippen LogP contribution in [0.3, 0.4) is 0 Å². The summed E-state index contributed by atoms with van der Waals surface area (Å²) in [7, 11) is 2.95. The van der Waals surface area contributed by atoms with Gasteiger partial charge in [-0.2, -0.15) is 0 Å². The number of carbonyl (C=O) groups is 3. The second-order valence-electron chi connectivity index (χ2n) is 8.68. The maximum absolute atomic E-state index is 13.4. The van der Waals surface area contributed by atoms with Gasteiger partial charge in [0, 0.05) is 58.9 Å². The molecule has 4 rings (SSSR count). The number of rotatable bonds is 10. The molecule has 0 saturated carbocycles. The van der Waals surface area contributed by atoms with E-state index in [0.717, 1.165) is 10.9 Å². The van der Waals surface area contributed by atoms with Gasteiger partial charge in [-0.1, -0.05) is 11.6 Å². The maximum Gasteiger partial charge on any atom is 0.252 e. The number of Topliss-reactive ketones (excluding diaryl/α,β-unsaturated/α-hetero) is 1. The summed E-state index contributed by atoms with van der Waals surface area (Å²) in [6.45, 7) is 1.65. The fourth-order valence-corrected chi connectivity index (χ4v) is 4.51. The number of anilines is 1. The van der Waals surface area contributed by atoms with Crippen molar-refractivity contribution >= 4 is 46.2 Å². The van der Waals surface area contributed by atoms with E-state index in [0.29, 0.717) is 45.1 Å². The van der Waals surface area contributed by atoms with Crippen LogP contribution in [0.4, 0.5) is 5.69 Å². The molecule has 38 heavy (non-hydrogen) atoms. The average molecular weight is 536 g/mol. The zero-order chi connectivity index (χ0) is 27.4. The van der Waals surface area contributed by atoms with E-state index in [4.69, 9.17) is 21.1 Å². The standard InChI is InChI=1S/C28H26ClN3O6/c1-16(34)21-6-4-18(29)12-22(21)23-13-27(35)32(14-26(23)38-3)25(8-9-37-2)28(36)31-19-5-7-24-17(10-19)11-20(15-33)30-24/h4-7,10-15,25,30H,8-9H2,1-3H3,(H,31,36). The van der Waals surface area contributed by atoms with Crippen molar-refractivity contribution in [1.82, 2.24) is 9.55 Å². The summed E-state index contributed by atoms with van der Waals surface area (Å²) in [4.78, 5) is 53.1. The van der Waals surface area contributed by atoms with Gasteiger partial charge in [0.15, 0.2) is 12.1 Å². The Labute approximate surface area is 223 Å². The number of pyridine rings is 1. The van der Waals surface area contributed by atoms with Crippen LogP contribution in [0.2, 0.25) is 5.02 Å². The van der Waals surface area contributed by atoms with Crippen LogP contribution in [0.5, 0.6) is 5.75 Å². The number of ketones is 1. The lowest BCUT2D eigenvalue weighted by Crippen LogP contribution is -2.34. The fraction of sp³-hybridized carbons (Fsp3) is 0.214. The molecule has 0 bridgehead atoms. The van der Waals surface area contributed by atoms with Crippen molar-refractivity contribution in [3.05, 3.63) is 81.4 Å². The van der Waals surface area contributed by atoms with E-state index < -0.39 is 17.5 Å². The van der Waals surface area contributed by atoms with Crippen LogP contribution in [-0.4, -0.2) is 48.4 Å². The number of aromatic amines is 1. The maximum atomic E-state index is 13.4. The lowest BCUT2D eigenvalue weighted by atomic mass is 9.97. The molecule has 2 aromatic carbocycles. The summed E-state index contributed by atoms with van der Waals surface area (Å²) in [5.41, 5.74) is 2.44. The quantitative estimate of drug-likeness (QED) is 0.220. The summed E-state index contributed by atoms with van der Waals surface area (Å²) in [5.74, 6) is -0.337. The monoisotopic (exact) mass is 535 g/mol. The first-order chi connectivity index (χ1) is 18.2. The van der Waals surface area contributed by atoms with Gasteiger partial charge in [-0.15, -0.1) is 0 Å². The number of halogens is 1. The van der Waals surface area contributed by atoms with Crippen LogP contribution in [-0.2, 0) is 9.53 Å². The number of fused-ring (bicyclic) bond motifs is 1. The van der Waals surface area contributed by atoms with E-state index in [-0.39, 0.29) is 18.8 Å². The van der Waals surface area contributed by atoms with Gasteiger partial charge in [0.05, 0.1) is 19.0 Å². The number of amides is 1. The Balaban J connectivity index is 1.73. The summed E-state index contributed by atoms with van der Waals surface area (Å²) in [6, 6.07) is 12.1. The third-order valence-corrected chi connectivity index (χ3v) is 6.42. The number of methoxy groups -OCH3 is 2.